The van der Waals surface area contributed by atoms with Gasteiger partial charge in [-0.05, 0) is 26.2 Å². The lowest BCUT2D eigenvalue weighted by molar-refractivity contribution is -0.132. The summed E-state index contributed by atoms with van der Waals surface area (Å²) < 4.78 is 5.42. The number of carbonyl (C=O) groups is 1. The fraction of sp³-hybridized carbons (Fsp3) is 0.900. The van der Waals surface area contributed by atoms with Crippen molar-refractivity contribution in [2.75, 3.05) is 6.61 Å². The lowest BCUT2D eigenvalue weighted by Crippen LogP contribution is -2.42. The fourth-order valence-corrected chi connectivity index (χ4v) is 1.57. The lowest BCUT2D eigenvalue weighted by Gasteiger charge is -2.17. The summed E-state index contributed by atoms with van der Waals surface area (Å²) >= 11 is 0. The van der Waals surface area contributed by atoms with E-state index in [1.165, 1.54) is 0 Å². The van der Waals surface area contributed by atoms with E-state index in [-0.39, 0.29) is 30.8 Å². The molecule has 0 saturated carbocycles. The van der Waals surface area contributed by atoms with Crippen LogP contribution in [-0.4, -0.2) is 35.9 Å². The van der Waals surface area contributed by atoms with E-state index >= 15 is 0 Å². The SMILES string of the molecule is CC[C@@H](CO)NC(=O)C1CCC(C)O1. The Kier molecular flexibility index (Phi) is 4.35. The molecular formula is C10H19NO3. The van der Waals surface area contributed by atoms with Crippen molar-refractivity contribution in [3.05, 3.63) is 0 Å². The number of aliphatic hydroxyl groups is 1. The van der Waals surface area contributed by atoms with Gasteiger partial charge in [0.2, 0.25) is 5.91 Å². The van der Waals surface area contributed by atoms with E-state index in [2.05, 4.69) is 5.32 Å². The van der Waals surface area contributed by atoms with Crippen LogP contribution in [-0.2, 0) is 9.53 Å². The highest BCUT2D eigenvalue weighted by molar-refractivity contribution is 5.81. The van der Waals surface area contributed by atoms with Gasteiger partial charge in [0, 0.05) is 0 Å². The molecule has 0 spiro atoms. The van der Waals surface area contributed by atoms with Gasteiger partial charge >= 0.3 is 0 Å². The molecule has 0 aliphatic carbocycles. The minimum Gasteiger partial charge on any atom is -0.394 e. The second-order valence-corrected chi connectivity index (χ2v) is 3.81. The molecule has 0 radical (unpaired) electrons. The second-order valence-electron chi connectivity index (χ2n) is 3.81. The molecule has 2 unspecified atom stereocenters. The summed E-state index contributed by atoms with van der Waals surface area (Å²) in [7, 11) is 0. The van der Waals surface area contributed by atoms with Crippen molar-refractivity contribution >= 4 is 5.91 Å². The van der Waals surface area contributed by atoms with Gasteiger partial charge in [0.1, 0.15) is 6.10 Å². The van der Waals surface area contributed by atoms with Crippen molar-refractivity contribution in [2.45, 2.75) is 51.4 Å². The summed E-state index contributed by atoms with van der Waals surface area (Å²) in [6, 6.07) is -0.137. The van der Waals surface area contributed by atoms with E-state index in [0.717, 1.165) is 19.3 Å². The van der Waals surface area contributed by atoms with E-state index in [4.69, 9.17) is 9.84 Å². The first-order chi connectivity index (χ1) is 6.67. The van der Waals surface area contributed by atoms with Crippen LogP contribution in [0.15, 0.2) is 0 Å². The quantitative estimate of drug-likeness (QED) is 0.694. The summed E-state index contributed by atoms with van der Waals surface area (Å²) in [5.74, 6) is -0.0877. The molecule has 1 aliphatic heterocycles. The number of amides is 1. The smallest absolute Gasteiger partial charge is 0.249 e. The predicted octanol–water partition coefficient (Wildman–Crippen LogP) is 0.441. The first-order valence-electron chi connectivity index (χ1n) is 5.24. The Bertz CT molecular complexity index is 192. The molecule has 14 heavy (non-hydrogen) atoms. The fourth-order valence-electron chi connectivity index (χ4n) is 1.57. The molecule has 82 valence electrons. The Morgan fingerprint density at radius 2 is 2.36 bits per heavy atom. The van der Waals surface area contributed by atoms with Crippen molar-refractivity contribution in [1.82, 2.24) is 5.32 Å². The van der Waals surface area contributed by atoms with Gasteiger partial charge in [-0.15, -0.1) is 0 Å². The van der Waals surface area contributed by atoms with Crippen LogP contribution in [0.5, 0.6) is 0 Å². The summed E-state index contributed by atoms with van der Waals surface area (Å²) in [6.07, 6.45) is 2.33. The summed E-state index contributed by atoms with van der Waals surface area (Å²) in [4.78, 5) is 11.6. The Hall–Kier alpha value is -0.610. The van der Waals surface area contributed by atoms with Crippen LogP contribution in [0.25, 0.3) is 0 Å². The van der Waals surface area contributed by atoms with E-state index < -0.39 is 0 Å². The van der Waals surface area contributed by atoms with Crippen LogP contribution in [0.3, 0.4) is 0 Å². The molecule has 0 aromatic heterocycles. The molecule has 1 fully saturated rings. The molecule has 0 bridgehead atoms. The highest BCUT2D eigenvalue weighted by atomic mass is 16.5. The minimum atomic E-state index is -0.314. The molecule has 2 N–H and O–H groups in total. The van der Waals surface area contributed by atoms with Crippen molar-refractivity contribution < 1.29 is 14.6 Å². The topological polar surface area (TPSA) is 58.6 Å². The molecular weight excluding hydrogens is 182 g/mol. The zero-order chi connectivity index (χ0) is 10.6. The van der Waals surface area contributed by atoms with Crippen molar-refractivity contribution in [2.24, 2.45) is 0 Å². The number of ether oxygens (including phenoxy) is 1. The number of hydrogen-bond acceptors (Lipinski definition) is 3. The Morgan fingerprint density at radius 1 is 1.64 bits per heavy atom. The van der Waals surface area contributed by atoms with Crippen molar-refractivity contribution in [3.8, 4) is 0 Å². The average molecular weight is 201 g/mol. The van der Waals surface area contributed by atoms with Crippen LogP contribution in [0.4, 0.5) is 0 Å². The lowest BCUT2D eigenvalue weighted by atomic mass is 10.2. The molecule has 0 aromatic carbocycles. The molecule has 1 saturated heterocycles. The highest BCUT2D eigenvalue weighted by Gasteiger charge is 2.28. The zero-order valence-electron chi connectivity index (χ0n) is 8.82. The largest absolute Gasteiger partial charge is 0.394 e. The summed E-state index contributed by atoms with van der Waals surface area (Å²) in [5, 5.41) is 11.7. The van der Waals surface area contributed by atoms with E-state index in [1.807, 2.05) is 13.8 Å². The third kappa shape index (κ3) is 2.96. The second kappa shape index (κ2) is 5.32. The third-order valence-corrected chi connectivity index (χ3v) is 2.58. The van der Waals surface area contributed by atoms with Gasteiger partial charge in [-0.3, -0.25) is 4.79 Å². The Morgan fingerprint density at radius 3 is 2.79 bits per heavy atom. The standard InChI is InChI=1S/C10H19NO3/c1-3-8(6-12)11-10(13)9-5-4-7(2)14-9/h7-9,12H,3-6H2,1-2H3,(H,11,13)/t7?,8-,9?/m0/s1. The van der Waals surface area contributed by atoms with E-state index in [9.17, 15) is 4.79 Å². The maximum Gasteiger partial charge on any atom is 0.249 e. The number of aliphatic hydroxyl groups excluding tert-OH is 1. The molecule has 4 nitrogen and oxygen atoms in total. The van der Waals surface area contributed by atoms with Gasteiger partial charge in [-0.2, -0.15) is 0 Å². The molecule has 3 atom stereocenters. The average Bonchev–Trinajstić information content (AvgIpc) is 2.61. The highest BCUT2D eigenvalue weighted by Crippen LogP contribution is 2.19. The molecule has 1 aliphatic rings. The number of rotatable bonds is 4. The molecule has 0 aromatic rings. The number of hydrogen-bond donors (Lipinski definition) is 2. The summed E-state index contributed by atoms with van der Waals surface area (Å²) in [6.45, 7) is 3.89. The van der Waals surface area contributed by atoms with Gasteiger partial charge in [0.25, 0.3) is 0 Å². The van der Waals surface area contributed by atoms with Gasteiger partial charge in [-0.1, -0.05) is 6.92 Å². The molecule has 1 rings (SSSR count). The zero-order valence-corrected chi connectivity index (χ0v) is 8.82. The van der Waals surface area contributed by atoms with Crippen LogP contribution in [0.2, 0.25) is 0 Å². The maximum atomic E-state index is 11.6. The van der Waals surface area contributed by atoms with Crippen molar-refractivity contribution in [3.63, 3.8) is 0 Å². The van der Waals surface area contributed by atoms with Gasteiger partial charge in [0.15, 0.2) is 0 Å². The Balaban J connectivity index is 2.34. The van der Waals surface area contributed by atoms with Crippen LogP contribution >= 0.6 is 0 Å². The van der Waals surface area contributed by atoms with Crippen LogP contribution < -0.4 is 5.32 Å². The number of carbonyl (C=O) groups excluding carboxylic acids is 1. The first-order valence-corrected chi connectivity index (χ1v) is 5.24. The van der Waals surface area contributed by atoms with Crippen LogP contribution in [0.1, 0.15) is 33.1 Å². The predicted molar refractivity (Wildman–Crippen MR) is 52.9 cm³/mol. The van der Waals surface area contributed by atoms with E-state index in [1.54, 1.807) is 0 Å². The van der Waals surface area contributed by atoms with Gasteiger partial charge in [-0.25, -0.2) is 0 Å². The normalized spacial score (nSPS) is 28.8. The summed E-state index contributed by atoms with van der Waals surface area (Å²) in [5.41, 5.74) is 0. The Labute approximate surface area is 84.6 Å². The minimum absolute atomic E-state index is 0.00941. The van der Waals surface area contributed by atoms with Crippen molar-refractivity contribution in [1.29, 1.82) is 0 Å². The molecule has 1 amide bonds. The maximum absolute atomic E-state index is 11.6. The van der Waals surface area contributed by atoms with E-state index in [0.29, 0.717) is 0 Å². The number of nitrogens with one attached hydrogen (secondary N) is 1. The van der Waals surface area contributed by atoms with Gasteiger partial charge in [0.05, 0.1) is 18.8 Å². The molecule has 4 heteroatoms. The molecule has 1 heterocycles. The first kappa shape index (κ1) is 11.5. The van der Waals surface area contributed by atoms with Gasteiger partial charge < -0.3 is 15.2 Å². The monoisotopic (exact) mass is 201 g/mol. The van der Waals surface area contributed by atoms with Crippen LogP contribution in [0, 0.1) is 0 Å². The third-order valence-electron chi connectivity index (χ3n) is 2.58.